The Kier molecular flexibility index (Phi) is 3.87. The summed E-state index contributed by atoms with van der Waals surface area (Å²) in [5.41, 5.74) is 5.55. The smallest absolute Gasteiger partial charge is 0.149 e. The second kappa shape index (κ2) is 5.97. The maximum absolute atomic E-state index is 13.4. The number of benzene rings is 1. The van der Waals surface area contributed by atoms with Gasteiger partial charge in [0.1, 0.15) is 23.1 Å². The highest BCUT2D eigenvalue weighted by molar-refractivity contribution is 5.47. The van der Waals surface area contributed by atoms with Crippen molar-refractivity contribution in [1.29, 1.82) is 0 Å². The van der Waals surface area contributed by atoms with Gasteiger partial charge in [-0.05, 0) is 18.2 Å². The number of ether oxygens (including phenoxy) is 2. The molecule has 0 amide bonds. The Morgan fingerprint density at radius 3 is 2.67 bits per heavy atom. The first-order chi connectivity index (χ1) is 10.2. The van der Waals surface area contributed by atoms with E-state index in [9.17, 15) is 4.39 Å². The average molecular weight is 289 g/mol. The van der Waals surface area contributed by atoms with Crippen LogP contribution in [0.15, 0.2) is 36.5 Å². The maximum atomic E-state index is 13.4. The molecule has 1 aromatic carbocycles. The van der Waals surface area contributed by atoms with Crippen molar-refractivity contribution in [2.75, 3.05) is 36.9 Å². The standard InChI is InChI=1S/C15H16FN3O2/c16-13-9-11(1-2-14(13)17)21-12-3-4-18-15(10-12)19-5-7-20-8-6-19/h1-4,9-10H,5-8,17H2. The molecule has 0 atom stereocenters. The summed E-state index contributed by atoms with van der Waals surface area (Å²) < 4.78 is 24.4. The molecule has 2 heterocycles. The van der Waals surface area contributed by atoms with Crippen molar-refractivity contribution in [3.8, 4) is 11.5 Å². The predicted molar refractivity (Wildman–Crippen MR) is 78.2 cm³/mol. The lowest BCUT2D eigenvalue weighted by Crippen LogP contribution is -2.36. The first kappa shape index (κ1) is 13.6. The van der Waals surface area contributed by atoms with Gasteiger partial charge in [0.05, 0.1) is 18.9 Å². The van der Waals surface area contributed by atoms with Crippen molar-refractivity contribution in [2.24, 2.45) is 0 Å². The van der Waals surface area contributed by atoms with E-state index >= 15 is 0 Å². The maximum Gasteiger partial charge on any atom is 0.149 e. The molecule has 110 valence electrons. The molecule has 2 N–H and O–H groups in total. The van der Waals surface area contributed by atoms with Gasteiger partial charge in [0.2, 0.25) is 0 Å². The van der Waals surface area contributed by atoms with Crippen molar-refractivity contribution < 1.29 is 13.9 Å². The minimum absolute atomic E-state index is 0.103. The van der Waals surface area contributed by atoms with Crippen LogP contribution < -0.4 is 15.4 Å². The Bertz CT molecular complexity index is 630. The molecule has 5 nitrogen and oxygen atoms in total. The second-order valence-electron chi connectivity index (χ2n) is 4.73. The van der Waals surface area contributed by atoms with Gasteiger partial charge in [0.15, 0.2) is 0 Å². The molecule has 1 aliphatic rings. The number of hydrogen-bond acceptors (Lipinski definition) is 5. The molecule has 1 aliphatic heterocycles. The monoisotopic (exact) mass is 289 g/mol. The third kappa shape index (κ3) is 3.22. The number of pyridine rings is 1. The zero-order valence-electron chi connectivity index (χ0n) is 11.5. The van der Waals surface area contributed by atoms with E-state index < -0.39 is 5.82 Å². The van der Waals surface area contributed by atoms with Crippen molar-refractivity contribution in [1.82, 2.24) is 4.98 Å². The van der Waals surface area contributed by atoms with Gasteiger partial charge < -0.3 is 20.1 Å². The van der Waals surface area contributed by atoms with Gasteiger partial charge in [-0.2, -0.15) is 0 Å². The van der Waals surface area contributed by atoms with Crippen molar-refractivity contribution in [3.05, 3.63) is 42.3 Å². The van der Waals surface area contributed by atoms with Gasteiger partial charge >= 0.3 is 0 Å². The van der Waals surface area contributed by atoms with E-state index in [0.717, 1.165) is 18.9 Å². The Morgan fingerprint density at radius 1 is 1.14 bits per heavy atom. The van der Waals surface area contributed by atoms with Crippen LogP contribution in [-0.4, -0.2) is 31.3 Å². The molecule has 0 aliphatic carbocycles. The van der Waals surface area contributed by atoms with Crippen molar-refractivity contribution in [3.63, 3.8) is 0 Å². The Morgan fingerprint density at radius 2 is 1.90 bits per heavy atom. The summed E-state index contributed by atoms with van der Waals surface area (Å²) >= 11 is 0. The molecule has 0 saturated carbocycles. The third-order valence-electron chi connectivity index (χ3n) is 3.26. The Balaban J connectivity index is 1.77. The zero-order chi connectivity index (χ0) is 14.7. The summed E-state index contributed by atoms with van der Waals surface area (Å²) in [7, 11) is 0. The molecule has 0 bridgehead atoms. The average Bonchev–Trinajstić information content (AvgIpc) is 2.52. The van der Waals surface area contributed by atoms with E-state index in [4.69, 9.17) is 15.2 Å². The van der Waals surface area contributed by atoms with Crippen molar-refractivity contribution >= 4 is 11.5 Å². The van der Waals surface area contributed by atoms with Crippen LogP contribution in [0.1, 0.15) is 0 Å². The summed E-state index contributed by atoms with van der Waals surface area (Å²) in [5.74, 6) is 1.35. The quantitative estimate of drug-likeness (QED) is 0.879. The fraction of sp³-hybridized carbons (Fsp3) is 0.267. The lowest BCUT2D eigenvalue weighted by molar-refractivity contribution is 0.122. The highest BCUT2D eigenvalue weighted by Gasteiger charge is 2.13. The molecule has 0 spiro atoms. The van der Waals surface area contributed by atoms with Crippen molar-refractivity contribution in [2.45, 2.75) is 0 Å². The van der Waals surface area contributed by atoms with Crippen LogP contribution in [0.25, 0.3) is 0 Å². The molecule has 0 radical (unpaired) electrons. The van der Waals surface area contributed by atoms with E-state index in [1.807, 2.05) is 6.07 Å². The lowest BCUT2D eigenvalue weighted by Gasteiger charge is -2.27. The Labute approximate surface area is 122 Å². The van der Waals surface area contributed by atoms with Gasteiger partial charge in [-0.15, -0.1) is 0 Å². The number of anilines is 2. The number of nitrogen functional groups attached to an aromatic ring is 1. The summed E-state index contributed by atoms with van der Waals surface area (Å²) in [5, 5.41) is 0. The first-order valence-electron chi connectivity index (χ1n) is 6.74. The van der Waals surface area contributed by atoms with E-state index in [-0.39, 0.29) is 5.69 Å². The van der Waals surface area contributed by atoms with Crippen LogP contribution in [-0.2, 0) is 4.74 Å². The normalized spacial score (nSPS) is 15.0. The SMILES string of the molecule is Nc1ccc(Oc2ccnc(N3CCOCC3)c2)cc1F. The molecule has 1 aromatic heterocycles. The van der Waals surface area contributed by atoms with Gasteiger partial charge in [0.25, 0.3) is 0 Å². The van der Waals surface area contributed by atoms with E-state index in [0.29, 0.717) is 24.7 Å². The molecule has 6 heteroatoms. The molecule has 1 fully saturated rings. The number of morpholine rings is 1. The highest BCUT2D eigenvalue weighted by Crippen LogP contribution is 2.26. The summed E-state index contributed by atoms with van der Waals surface area (Å²) in [6.07, 6.45) is 1.67. The first-order valence-corrected chi connectivity index (χ1v) is 6.74. The Hall–Kier alpha value is -2.34. The van der Waals surface area contributed by atoms with Crippen LogP contribution in [0.4, 0.5) is 15.9 Å². The fourth-order valence-electron chi connectivity index (χ4n) is 2.14. The number of halogens is 1. The summed E-state index contributed by atoms with van der Waals surface area (Å²) in [6.45, 7) is 2.98. The molecule has 1 saturated heterocycles. The summed E-state index contributed by atoms with van der Waals surface area (Å²) in [6, 6.07) is 7.95. The van der Waals surface area contributed by atoms with Crippen LogP contribution in [0, 0.1) is 5.82 Å². The molecular formula is C15H16FN3O2. The number of hydrogen-bond donors (Lipinski definition) is 1. The highest BCUT2D eigenvalue weighted by atomic mass is 19.1. The predicted octanol–water partition coefficient (Wildman–Crippen LogP) is 2.43. The number of rotatable bonds is 3. The third-order valence-corrected chi connectivity index (χ3v) is 3.26. The second-order valence-corrected chi connectivity index (χ2v) is 4.73. The minimum Gasteiger partial charge on any atom is -0.457 e. The number of aromatic nitrogens is 1. The number of nitrogens with zero attached hydrogens (tertiary/aromatic N) is 2. The molecular weight excluding hydrogens is 273 g/mol. The molecule has 21 heavy (non-hydrogen) atoms. The van der Waals surface area contributed by atoms with Crippen LogP contribution >= 0.6 is 0 Å². The largest absolute Gasteiger partial charge is 0.457 e. The van der Waals surface area contributed by atoms with E-state index in [1.54, 1.807) is 18.3 Å². The summed E-state index contributed by atoms with van der Waals surface area (Å²) in [4.78, 5) is 6.46. The van der Waals surface area contributed by atoms with Crippen LogP contribution in [0.2, 0.25) is 0 Å². The molecule has 3 rings (SSSR count). The van der Waals surface area contributed by atoms with Gasteiger partial charge in [0, 0.05) is 31.4 Å². The van der Waals surface area contributed by atoms with Gasteiger partial charge in [-0.25, -0.2) is 9.37 Å². The van der Waals surface area contributed by atoms with Gasteiger partial charge in [-0.3, -0.25) is 0 Å². The minimum atomic E-state index is -0.491. The molecule has 0 unspecified atom stereocenters. The number of nitrogens with two attached hydrogens (primary N) is 1. The van der Waals surface area contributed by atoms with Crippen LogP contribution in [0.3, 0.4) is 0 Å². The van der Waals surface area contributed by atoms with E-state index in [2.05, 4.69) is 9.88 Å². The fourth-order valence-corrected chi connectivity index (χ4v) is 2.14. The topological polar surface area (TPSA) is 60.6 Å². The van der Waals surface area contributed by atoms with Gasteiger partial charge in [-0.1, -0.05) is 0 Å². The van der Waals surface area contributed by atoms with E-state index in [1.165, 1.54) is 12.1 Å². The van der Waals surface area contributed by atoms with Crippen LogP contribution in [0.5, 0.6) is 11.5 Å². The lowest BCUT2D eigenvalue weighted by atomic mass is 10.3. The zero-order valence-corrected chi connectivity index (χ0v) is 11.5. The molecule has 2 aromatic rings.